The van der Waals surface area contributed by atoms with Crippen LogP contribution in [0.4, 0.5) is 11.6 Å². The average molecular weight is 493 g/mol. The van der Waals surface area contributed by atoms with Crippen molar-refractivity contribution in [3.05, 3.63) is 90.6 Å². The summed E-state index contributed by atoms with van der Waals surface area (Å²) >= 11 is 0. The highest BCUT2D eigenvalue weighted by atomic mass is 16.6. The minimum Gasteiger partial charge on any atom is -0.491 e. The summed E-state index contributed by atoms with van der Waals surface area (Å²) in [5.41, 5.74) is 2.78. The molecule has 0 aliphatic carbocycles. The molecule has 2 heterocycles. The van der Waals surface area contributed by atoms with Gasteiger partial charge in [0.15, 0.2) is 11.2 Å². The smallest absolute Gasteiger partial charge is 0.329 e. The number of fused-ring (bicyclic) bond motifs is 1. The van der Waals surface area contributed by atoms with Crippen LogP contribution >= 0.6 is 0 Å². The van der Waals surface area contributed by atoms with Gasteiger partial charge in [0, 0.05) is 24.7 Å². The van der Waals surface area contributed by atoms with Crippen molar-refractivity contribution in [2.75, 3.05) is 12.0 Å². The summed E-state index contributed by atoms with van der Waals surface area (Å²) < 4.78 is 8.27. The van der Waals surface area contributed by atoms with Crippen molar-refractivity contribution in [3.63, 3.8) is 0 Å². The molecule has 36 heavy (non-hydrogen) atoms. The third-order valence-corrected chi connectivity index (χ3v) is 5.38. The van der Waals surface area contributed by atoms with Crippen molar-refractivity contribution in [3.8, 4) is 5.75 Å². The fourth-order valence-corrected chi connectivity index (χ4v) is 3.55. The van der Waals surface area contributed by atoms with Gasteiger partial charge in [0.1, 0.15) is 18.5 Å². The maximum absolute atomic E-state index is 12.6. The van der Waals surface area contributed by atoms with Gasteiger partial charge in [0.25, 0.3) is 11.2 Å². The fourth-order valence-electron chi connectivity index (χ4n) is 3.55. The van der Waals surface area contributed by atoms with Gasteiger partial charge in [0.05, 0.1) is 17.7 Å². The zero-order valence-corrected chi connectivity index (χ0v) is 19.4. The van der Waals surface area contributed by atoms with E-state index in [-0.39, 0.29) is 36.0 Å². The standard InChI is InChI=1S/C23H23N7O6/c1-14-6-3-4-9-18(14)36-13-17(31)12-29-19-20(28(2)23(33)26-21(19)32)25-22(29)27-24-11-15-7-5-8-16(10-15)30(34)35/h3-11,17,31H,12-13H2,1-2H3,(H,25,27)(H,26,32,33)/b24-11-/t17-/m0/s1. The number of benzene rings is 2. The number of para-hydroxylation sites is 1. The van der Waals surface area contributed by atoms with Crippen LogP contribution < -0.4 is 21.4 Å². The molecule has 1 atom stereocenters. The van der Waals surface area contributed by atoms with Gasteiger partial charge in [-0.25, -0.2) is 10.2 Å². The number of hydrazone groups is 1. The van der Waals surface area contributed by atoms with E-state index in [0.29, 0.717) is 11.3 Å². The van der Waals surface area contributed by atoms with Crippen LogP contribution in [0.25, 0.3) is 11.2 Å². The molecular formula is C23H23N7O6. The van der Waals surface area contributed by atoms with E-state index in [1.54, 1.807) is 12.1 Å². The second-order valence-electron chi connectivity index (χ2n) is 7.99. The molecule has 0 saturated heterocycles. The molecule has 0 aliphatic heterocycles. The number of aryl methyl sites for hydroxylation is 2. The van der Waals surface area contributed by atoms with E-state index in [0.717, 1.165) is 5.56 Å². The fraction of sp³-hybridized carbons (Fsp3) is 0.217. The largest absolute Gasteiger partial charge is 0.491 e. The third kappa shape index (κ3) is 5.15. The third-order valence-electron chi connectivity index (χ3n) is 5.38. The predicted octanol–water partition coefficient (Wildman–Crippen LogP) is 1.53. The molecule has 0 spiro atoms. The number of imidazole rings is 1. The number of nitrogens with one attached hydrogen (secondary N) is 2. The molecule has 0 bridgehead atoms. The molecule has 13 nitrogen and oxygen atoms in total. The van der Waals surface area contributed by atoms with Gasteiger partial charge in [-0.3, -0.25) is 24.5 Å². The summed E-state index contributed by atoms with van der Waals surface area (Å²) in [5, 5.41) is 25.7. The number of nitro groups is 1. The van der Waals surface area contributed by atoms with Crippen LogP contribution in [0.2, 0.25) is 0 Å². The Kier molecular flexibility index (Phi) is 6.92. The number of hydrogen-bond donors (Lipinski definition) is 3. The first-order valence-electron chi connectivity index (χ1n) is 10.8. The first kappa shape index (κ1) is 24.3. The molecule has 0 unspecified atom stereocenters. The maximum Gasteiger partial charge on any atom is 0.329 e. The van der Waals surface area contributed by atoms with Crippen molar-refractivity contribution >= 4 is 29.0 Å². The van der Waals surface area contributed by atoms with E-state index in [4.69, 9.17) is 4.74 Å². The van der Waals surface area contributed by atoms with Gasteiger partial charge in [0.2, 0.25) is 5.95 Å². The molecule has 186 valence electrons. The highest BCUT2D eigenvalue weighted by Gasteiger charge is 2.20. The summed E-state index contributed by atoms with van der Waals surface area (Å²) in [5.74, 6) is 0.695. The van der Waals surface area contributed by atoms with Crippen molar-refractivity contribution in [2.45, 2.75) is 19.6 Å². The SMILES string of the molecule is Cc1ccccc1OC[C@@H](O)Cn1c(N/N=C\c2cccc([N+](=O)[O-])c2)nc2c1c(=O)[nH]c(=O)n2C. The zero-order valence-electron chi connectivity index (χ0n) is 19.4. The molecule has 4 rings (SSSR count). The summed E-state index contributed by atoms with van der Waals surface area (Å²) in [7, 11) is 1.45. The Morgan fingerprint density at radius 1 is 1.28 bits per heavy atom. The summed E-state index contributed by atoms with van der Waals surface area (Å²) in [6.07, 6.45) is 0.303. The Hall–Kier alpha value is -4.78. The van der Waals surface area contributed by atoms with Gasteiger partial charge in [-0.1, -0.05) is 30.3 Å². The van der Waals surface area contributed by atoms with Crippen LogP contribution in [0, 0.1) is 17.0 Å². The van der Waals surface area contributed by atoms with Gasteiger partial charge in [-0.2, -0.15) is 10.1 Å². The molecule has 0 aliphatic rings. The number of aliphatic hydroxyl groups excluding tert-OH is 1. The highest BCUT2D eigenvalue weighted by molar-refractivity contribution is 5.81. The first-order valence-corrected chi connectivity index (χ1v) is 10.8. The van der Waals surface area contributed by atoms with Crippen LogP contribution in [-0.4, -0.2) is 48.1 Å². The van der Waals surface area contributed by atoms with Crippen molar-refractivity contribution in [1.82, 2.24) is 19.1 Å². The lowest BCUT2D eigenvalue weighted by Gasteiger charge is -2.16. The van der Waals surface area contributed by atoms with Gasteiger partial charge >= 0.3 is 5.69 Å². The predicted molar refractivity (Wildman–Crippen MR) is 133 cm³/mol. The van der Waals surface area contributed by atoms with Gasteiger partial charge in [-0.15, -0.1) is 0 Å². The number of aromatic amines is 1. The number of ether oxygens (including phenoxy) is 1. The topological polar surface area (TPSA) is 170 Å². The van der Waals surface area contributed by atoms with E-state index >= 15 is 0 Å². The number of non-ortho nitro benzene ring substituents is 1. The van der Waals surface area contributed by atoms with Crippen LogP contribution in [0.3, 0.4) is 0 Å². The van der Waals surface area contributed by atoms with E-state index in [1.807, 2.05) is 25.1 Å². The lowest BCUT2D eigenvalue weighted by atomic mass is 10.2. The second-order valence-corrected chi connectivity index (χ2v) is 7.99. The molecule has 0 radical (unpaired) electrons. The summed E-state index contributed by atoms with van der Waals surface area (Å²) in [6, 6.07) is 13.2. The molecule has 3 N–H and O–H groups in total. The number of nitro benzene ring substituents is 1. The number of hydrogen-bond acceptors (Lipinski definition) is 9. The number of nitrogens with zero attached hydrogens (tertiary/aromatic N) is 5. The number of anilines is 1. The Labute approximate surface area is 203 Å². The summed E-state index contributed by atoms with van der Waals surface area (Å²) in [4.78, 5) is 41.7. The highest BCUT2D eigenvalue weighted by Crippen LogP contribution is 2.19. The molecule has 0 saturated carbocycles. The van der Waals surface area contributed by atoms with Crippen molar-refractivity contribution < 1.29 is 14.8 Å². The molecule has 0 amide bonds. The normalized spacial score (nSPS) is 12.2. The number of aliphatic hydroxyl groups is 1. The average Bonchev–Trinajstić information content (AvgIpc) is 3.21. The monoisotopic (exact) mass is 493 g/mol. The van der Waals surface area contributed by atoms with E-state index in [2.05, 4.69) is 20.5 Å². The van der Waals surface area contributed by atoms with Crippen molar-refractivity contribution in [2.24, 2.45) is 12.1 Å². The van der Waals surface area contributed by atoms with E-state index in [1.165, 1.54) is 40.6 Å². The Morgan fingerprint density at radius 2 is 2.06 bits per heavy atom. The summed E-state index contributed by atoms with van der Waals surface area (Å²) in [6.45, 7) is 1.72. The molecule has 13 heteroatoms. The van der Waals surface area contributed by atoms with Crippen LogP contribution in [0.15, 0.2) is 63.2 Å². The number of rotatable bonds is 9. The minimum absolute atomic E-state index is 0.0556. The maximum atomic E-state index is 12.6. The van der Waals surface area contributed by atoms with E-state index in [9.17, 15) is 24.8 Å². The Bertz CT molecular complexity index is 1570. The Morgan fingerprint density at radius 3 is 2.81 bits per heavy atom. The van der Waals surface area contributed by atoms with Crippen LogP contribution in [0.1, 0.15) is 11.1 Å². The van der Waals surface area contributed by atoms with Gasteiger partial charge in [-0.05, 0) is 18.6 Å². The number of H-pyrrole nitrogens is 1. The second kappa shape index (κ2) is 10.2. The van der Waals surface area contributed by atoms with Crippen LogP contribution in [-0.2, 0) is 13.6 Å². The van der Waals surface area contributed by atoms with E-state index < -0.39 is 22.3 Å². The number of aromatic nitrogens is 4. The molecule has 0 fully saturated rings. The first-order chi connectivity index (χ1) is 17.2. The zero-order chi connectivity index (χ0) is 25.8. The van der Waals surface area contributed by atoms with Crippen molar-refractivity contribution in [1.29, 1.82) is 0 Å². The molecule has 2 aromatic carbocycles. The Balaban J connectivity index is 1.62. The minimum atomic E-state index is -1.04. The lowest BCUT2D eigenvalue weighted by Crippen LogP contribution is -2.30. The molecule has 2 aromatic heterocycles. The van der Waals surface area contributed by atoms with Gasteiger partial charge < -0.3 is 14.4 Å². The lowest BCUT2D eigenvalue weighted by molar-refractivity contribution is -0.384. The molecule has 4 aromatic rings. The molecular weight excluding hydrogens is 470 g/mol. The van der Waals surface area contributed by atoms with Crippen LogP contribution in [0.5, 0.6) is 5.75 Å². The quantitative estimate of drug-likeness (QED) is 0.179.